The molecular weight excluding hydrogens is 399 g/mol. The van der Waals surface area contributed by atoms with E-state index in [-0.39, 0.29) is 29.3 Å². The van der Waals surface area contributed by atoms with Crippen LogP contribution in [-0.2, 0) is 0 Å². The molecule has 0 aliphatic carbocycles. The standard InChI is InChI=1S/C22H27FN6O2/c1-4-7-31-16-6-5-14-8-15(11-26-19(14)9-16)28-21-17(20(25)30)10-18(23)22(29-21)27-13(3)12(2)24/h5-6,8-13H,4,7,24H2,1-3H3,(H2,25,30)(H2,27,28,29)/t12-,13+/m0/s1. The van der Waals surface area contributed by atoms with E-state index in [4.69, 9.17) is 16.2 Å². The number of ether oxygens (including phenoxy) is 1. The Kier molecular flexibility index (Phi) is 6.86. The molecule has 3 rings (SSSR count). The minimum atomic E-state index is -0.799. The molecule has 0 unspecified atom stereocenters. The van der Waals surface area contributed by atoms with Gasteiger partial charge in [-0.25, -0.2) is 9.37 Å². The van der Waals surface area contributed by atoms with Crippen molar-refractivity contribution in [2.45, 2.75) is 39.3 Å². The number of aromatic nitrogens is 2. The number of benzene rings is 1. The molecule has 0 radical (unpaired) electrons. The summed E-state index contributed by atoms with van der Waals surface area (Å²) in [6.07, 6.45) is 2.51. The van der Waals surface area contributed by atoms with Crippen LogP contribution in [0.25, 0.3) is 10.9 Å². The summed E-state index contributed by atoms with van der Waals surface area (Å²) in [5, 5.41) is 6.80. The number of hydrogen-bond acceptors (Lipinski definition) is 7. The molecule has 2 atom stereocenters. The number of carbonyl (C=O) groups excluding carboxylic acids is 1. The number of rotatable bonds is 9. The number of carbonyl (C=O) groups is 1. The Labute approximate surface area is 180 Å². The normalized spacial score (nSPS) is 12.9. The summed E-state index contributed by atoms with van der Waals surface area (Å²) in [6.45, 7) is 6.28. The minimum absolute atomic E-state index is 0.0243. The lowest BCUT2D eigenvalue weighted by Crippen LogP contribution is -2.35. The molecule has 2 aromatic heterocycles. The first-order valence-corrected chi connectivity index (χ1v) is 10.1. The van der Waals surface area contributed by atoms with Gasteiger partial charge in [0.05, 0.1) is 29.6 Å². The first-order valence-electron chi connectivity index (χ1n) is 10.1. The first kappa shape index (κ1) is 22.2. The Morgan fingerprint density at radius 1 is 1.23 bits per heavy atom. The Bertz CT molecular complexity index is 1090. The van der Waals surface area contributed by atoms with Gasteiger partial charge in [-0.3, -0.25) is 9.78 Å². The van der Waals surface area contributed by atoms with Gasteiger partial charge in [-0.15, -0.1) is 0 Å². The number of fused-ring (bicyclic) bond motifs is 1. The number of halogens is 1. The maximum Gasteiger partial charge on any atom is 0.252 e. The van der Waals surface area contributed by atoms with E-state index >= 15 is 0 Å². The van der Waals surface area contributed by atoms with Crippen molar-refractivity contribution in [3.63, 3.8) is 0 Å². The molecule has 1 aromatic carbocycles. The maximum atomic E-state index is 14.5. The lowest BCUT2D eigenvalue weighted by atomic mass is 10.1. The second-order valence-electron chi connectivity index (χ2n) is 7.42. The smallest absolute Gasteiger partial charge is 0.252 e. The van der Waals surface area contributed by atoms with Crippen molar-refractivity contribution in [1.29, 1.82) is 0 Å². The van der Waals surface area contributed by atoms with Gasteiger partial charge in [0, 0.05) is 23.5 Å². The number of pyridine rings is 2. The highest BCUT2D eigenvalue weighted by atomic mass is 19.1. The summed E-state index contributed by atoms with van der Waals surface area (Å²) in [6, 6.07) is 8.05. The molecule has 3 aromatic rings. The number of nitrogens with two attached hydrogens (primary N) is 2. The highest BCUT2D eigenvalue weighted by molar-refractivity contribution is 5.99. The fraction of sp³-hybridized carbons (Fsp3) is 0.318. The molecule has 0 aliphatic heterocycles. The predicted octanol–water partition coefficient (Wildman–Crippen LogP) is 3.55. The number of nitrogens with one attached hydrogen (secondary N) is 2. The molecule has 9 heteroatoms. The van der Waals surface area contributed by atoms with Gasteiger partial charge in [0.1, 0.15) is 11.6 Å². The topological polar surface area (TPSA) is 128 Å². The van der Waals surface area contributed by atoms with E-state index in [9.17, 15) is 9.18 Å². The zero-order valence-electron chi connectivity index (χ0n) is 17.8. The zero-order chi connectivity index (χ0) is 22.5. The van der Waals surface area contributed by atoms with Crippen molar-refractivity contribution in [3.8, 4) is 5.75 Å². The molecule has 0 saturated carbocycles. The third-order valence-electron chi connectivity index (χ3n) is 4.79. The quantitative estimate of drug-likeness (QED) is 0.412. The van der Waals surface area contributed by atoms with Crippen LogP contribution in [0.1, 0.15) is 37.6 Å². The number of anilines is 3. The molecule has 0 aliphatic rings. The van der Waals surface area contributed by atoms with Crippen LogP contribution in [0.4, 0.5) is 21.7 Å². The highest BCUT2D eigenvalue weighted by Gasteiger charge is 2.18. The van der Waals surface area contributed by atoms with Gasteiger partial charge in [0.15, 0.2) is 11.6 Å². The number of hydrogen-bond donors (Lipinski definition) is 4. The van der Waals surface area contributed by atoms with Crippen LogP contribution in [0.15, 0.2) is 36.5 Å². The summed E-state index contributed by atoms with van der Waals surface area (Å²) >= 11 is 0. The van der Waals surface area contributed by atoms with Gasteiger partial charge < -0.3 is 26.8 Å². The van der Waals surface area contributed by atoms with Crippen LogP contribution in [0.2, 0.25) is 0 Å². The summed E-state index contributed by atoms with van der Waals surface area (Å²) in [4.78, 5) is 20.5. The van der Waals surface area contributed by atoms with Crippen LogP contribution in [-0.4, -0.2) is 34.6 Å². The summed E-state index contributed by atoms with van der Waals surface area (Å²) in [5.41, 5.74) is 12.5. The van der Waals surface area contributed by atoms with Crippen LogP contribution in [0.3, 0.4) is 0 Å². The van der Waals surface area contributed by atoms with E-state index in [1.165, 1.54) is 0 Å². The molecule has 0 fully saturated rings. The largest absolute Gasteiger partial charge is 0.494 e. The van der Waals surface area contributed by atoms with Gasteiger partial charge in [-0.2, -0.15) is 0 Å². The number of nitrogens with zero attached hydrogens (tertiary/aromatic N) is 2. The third kappa shape index (κ3) is 5.37. The summed E-state index contributed by atoms with van der Waals surface area (Å²) in [7, 11) is 0. The Morgan fingerprint density at radius 2 is 2.00 bits per heavy atom. The van der Waals surface area contributed by atoms with Crippen LogP contribution in [0, 0.1) is 5.82 Å². The molecule has 1 amide bonds. The Balaban J connectivity index is 1.92. The number of primary amides is 1. The van der Waals surface area contributed by atoms with E-state index in [2.05, 4.69) is 20.6 Å². The first-order chi connectivity index (χ1) is 14.8. The van der Waals surface area contributed by atoms with Crippen molar-refractivity contribution in [2.75, 3.05) is 17.2 Å². The third-order valence-corrected chi connectivity index (χ3v) is 4.79. The van der Waals surface area contributed by atoms with Crippen LogP contribution in [0.5, 0.6) is 5.75 Å². The van der Waals surface area contributed by atoms with Gasteiger partial charge in [0.25, 0.3) is 5.91 Å². The van der Waals surface area contributed by atoms with Gasteiger partial charge in [0.2, 0.25) is 0 Å². The second-order valence-corrected chi connectivity index (χ2v) is 7.42. The van der Waals surface area contributed by atoms with E-state index in [0.29, 0.717) is 12.3 Å². The Hall–Kier alpha value is -3.46. The number of amides is 1. The molecule has 0 spiro atoms. The minimum Gasteiger partial charge on any atom is -0.494 e. The lowest BCUT2D eigenvalue weighted by molar-refractivity contribution is 0.100. The van der Waals surface area contributed by atoms with Crippen molar-refractivity contribution < 1.29 is 13.9 Å². The van der Waals surface area contributed by atoms with E-state index in [0.717, 1.165) is 29.1 Å². The van der Waals surface area contributed by atoms with Crippen molar-refractivity contribution in [2.24, 2.45) is 11.5 Å². The molecular formula is C22H27FN6O2. The average molecular weight is 426 g/mol. The van der Waals surface area contributed by atoms with Gasteiger partial charge >= 0.3 is 0 Å². The van der Waals surface area contributed by atoms with Gasteiger partial charge in [-0.1, -0.05) is 6.92 Å². The van der Waals surface area contributed by atoms with Crippen LogP contribution < -0.4 is 26.8 Å². The van der Waals surface area contributed by atoms with Crippen molar-refractivity contribution >= 4 is 34.1 Å². The SMILES string of the molecule is CCCOc1ccc2cc(Nc3nc(N[C@H](C)[C@H](C)N)c(F)cc3C(N)=O)cnc2c1. The molecule has 2 heterocycles. The van der Waals surface area contributed by atoms with E-state index < -0.39 is 11.7 Å². The molecule has 8 nitrogen and oxygen atoms in total. The molecule has 6 N–H and O–H groups in total. The van der Waals surface area contributed by atoms with E-state index in [1.54, 1.807) is 13.1 Å². The predicted molar refractivity (Wildman–Crippen MR) is 120 cm³/mol. The molecule has 31 heavy (non-hydrogen) atoms. The Morgan fingerprint density at radius 3 is 2.68 bits per heavy atom. The van der Waals surface area contributed by atoms with Crippen LogP contribution >= 0.6 is 0 Å². The highest BCUT2D eigenvalue weighted by Crippen LogP contribution is 2.27. The van der Waals surface area contributed by atoms with Gasteiger partial charge in [-0.05, 0) is 44.5 Å². The second kappa shape index (κ2) is 9.57. The summed E-state index contributed by atoms with van der Waals surface area (Å²) < 4.78 is 20.1. The summed E-state index contributed by atoms with van der Waals surface area (Å²) in [5.74, 6) is -0.644. The average Bonchev–Trinajstić information content (AvgIpc) is 2.73. The molecule has 0 bridgehead atoms. The van der Waals surface area contributed by atoms with Crippen molar-refractivity contribution in [3.05, 3.63) is 47.9 Å². The zero-order valence-corrected chi connectivity index (χ0v) is 17.8. The maximum absolute atomic E-state index is 14.5. The lowest BCUT2D eigenvalue weighted by Gasteiger charge is -2.20. The molecule has 0 saturated heterocycles. The monoisotopic (exact) mass is 426 g/mol. The molecule has 164 valence electrons. The van der Waals surface area contributed by atoms with E-state index in [1.807, 2.05) is 38.1 Å². The fourth-order valence-electron chi connectivity index (χ4n) is 2.84. The fourth-order valence-corrected chi connectivity index (χ4v) is 2.84. The van der Waals surface area contributed by atoms with Crippen molar-refractivity contribution in [1.82, 2.24) is 9.97 Å².